The van der Waals surface area contributed by atoms with Crippen LogP contribution in [-0.2, 0) is 26.5 Å². The summed E-state index contributed by atoms with van der Waals surface area (Å²) in [6, 6.07) is 8.86. The highest BCUT2D eigenvalue weighted by molar-refractivity contribution is 7.46. The largest absolute Gasteiger partial charge is 0.468 e. The molecule has 0 aliphatic carbocycles. The molecule has 0 saturated carbocycles. The minimum absolute atomic E-state index is 0.173. The van der Waals surface area contributed by atoms with Crippen LogP contribution in [0.25, 0.3) is 11.2 Å². The van der Waals surface area contributed by atoms with E-state index in [1.54, 1.807) is 14.2 Å². The van der Waals surface area contributed by atoms with E-state index in [0.29, 0.717) is 50.1 Å². The number of ether oxygens (including phenoxy) is 3. The molecule has 0 aliphatic heterocycles. The molecule has 10 nitrogen and oxygen atoms in total. The van der Waals surface area contributed by atoms with Crippen LogP contribution in [-0.4, -0.2) is 60.2 Å². The maximum Gasteiger partial charge on any atom is 0.320 e. The first-order valence-corrected chi connectivity index (χ1v) is 11.8. The van der Waals surface area contributed by atoms with E-state index in [9.17, 15) is 0 Å². The summed E-state index contributed by atoms with van der Waals surface area (Å²) in [4.78, 5) is 13.1. The molecule has 0 atom stereocenters. The van der Waals surface area contributed by atoms with Gasteiger partial charge in [0.2, 0.25) is 0 Å². The van der Waals surface area contributed by atoms with Gasteiger partial charge in [0.25, 0.3) is 6.01 Å². The van der Waals surface area contributed by atoms with Gasteiger partial charge in [-0.05, 0) is 25.0 Å². The molecule has 3 aromatic rings. The van der Waals surface area contributed by atoms with Crippen LogP contribution in [0, 0.1) is 0 Å². The van der Waals surface area contributed by atoms with Crippen molar-refractivity contribution in [3.05, 3.63) is 35.4 Å². The van der Waals surface area contributed by atoms with E-state index in [0.717, 1.165) is 17.3 Å². The van der Waals surface area contributed by atoms with Crippen LogP contribution in [0.3, 0.4) is 0 Å². The van der Waals surface area contributed by atoms with E-state index in [2.05, 4.69) is 39.2 Å². The van der Waals surface area contributed by atoms with Crippen LogP contribution < -0.4 is 15.2 Å². The van der Waals surface area contributed by atoms with Crippen molar-refractivity contribution in [3.8, 4) is 12.0 Å². The standard InChI is InChI=1S/C21H30N5O5P/c1-5-30-32(31-6-2)14-16-9-7-15(8-10-16)13-26-19-17(23-21(26)28-4)18(22)24-20(25-19)29-12-11-27-3/h7-10H,5-6,11-14H2,1-4H3,(H2,22,24,25). The van der Waals surface area contributed by atoms with E-state index >= 15 is 0 Å². The number of methoxy groups -OCH3 is 2. The Bertz CT molecular complexity index is 992. The van der Waals surface area contributed by atoms with E-state index in [1.165, 1.54) is 0 Å². The Hall–Kier alpha value is -2.52. The van der Waals surface area contributed by atoms with Crippen LogP contribution in [0.1, 0.15) is 25.0 Å². The van der Waals surface area contributed by atoms with Gasteiger partial charge in [0, 0.05) is 13.3 Å². The zero-order chi connectivity index (χ0) is 22.9. The van der Waals surface area contributed by atoms with E-state index in [-0.39, 0.29) is 11.8 Å². The average Bonchev–Trinajstić information content (AvgIpc) is 3.14. The van der Waals surface area contributed by atoms with Crippen molar-refractivity contribution in [2.75, 3.05) is 46.4 Å². The summed E-state index contributed by atoms with van der Waals surface area (Å²) >= 11 is 0. The lowest BCUT2D eigenvalue weighted by Crippen LogP contribution is -2.09. The van der Waals surface area contributed by atoms with Gasteiger partial charge in [-0.25, -0.2) is 0 Å². The highest BCUT2D eigenvalue weighted by atomic mass is 31.2. The Balaban J connectivity index is 1.82. The van der Waals surface area contributed by atoms with Gasteiger partial charge in [-0.3, -0.25) is 4.57 Å². The molecule has 0 radical (unpaired) electrons. The molecule has 174 valence electrons. The molecule has 3 rings (SSSR count). The van der Waals surface area contributed by atoms with Gasteiger partial charge >= 0.3 is 6.01 Å². The molecular formula is C21H30N5O5P. The Labute approximate surface area is 188 Å². The monoisotopic (exact) mass is 463 g/mol. The maximum absolute atomic E-state index is 6.09. The van der Waals surface area contributed by atoms with Gasteiger partial charge in [-0.2, -0.15) is 15.0 Å². The zero-order valence-corrected chi connectivity index (χ0v) is 19.8. The molecule has 0 bridgehead atoms. The van der Waals surface area contributed by atoms with Crippen molar-refractivity contribution in [1.29, 1.82) is 0 Å². The van der Waals surface area contributed by atoms with E-state index < -0.39 is 8.38 Å². The summed E-state index contributed by atoms with van der Waals surface area (Å²) < 4.78 is 29.3. The second-order valence-corrected chi connectivity index (χ2v) is 8.23. The van der Waals surface area contributed by atoms with Gasteiger partial charge in [0.1, 0.15) is 6.61 Å². The molecule has 0 aliphatic rings. The Morgan fingerprint density at radius 3 is 2.25 bits per heavy atom. The van der Waals surface area contributed by atoms with Crippen LogP contribution in [0.4, 0.5) is 5.82 Å². The predicted molar refractivity (Wildman–Crippen MR) is 123 cm³/mol. The molecular weight excluding hydrogens is 433 g/mol. The smallest absolute Gasteiger partial charge is 0.320 e. The van der Waals surface area contributed by atoms with Crippen molar-refractivity contribution in [3.63, 3.8) is 0 Å². The topological polar surface area (TPSA) is 116 Å². The minimum atomic E-state index is -0.921. The fraction of sp³-hybridized carbons (Fsp3) is 0.476. The molecule has 2 aromatic heterocycles. The molecule has 0 unspecified atom stereocenters. The number of benzene rings is 1. The zero-order valence-electron chi connectivity index (χ0n) is 18.9. The molecule has 32 heavy (non-hydrogen) atoms. The van der Waals surface area contributed by atoms with Gasteiger partial charge in [-0.15, -0.1) is 0 Å². The first kappa shape index (κ1) is 24.1. The number of imidazole rings is 1. The van der Waals surface area contributed by atoms with Crippen molar-refractivity contribution in [1.82, 2.24) is 19.5 Å². The Kier molecular flexibility index (Phi) is 8.99. The average molecular weight is 463 g/mol. The molecule has 0 amide bonds. The normalized spacial score (nSPS) is 11.4. The maximum atomic E-state index is 6.09. The quantitative estimate of drug-likeness (QED) is 0.301. The van der Waals surface area contributed by atoms with Gasteiger partial charge in [0.15, 0.2) is 25.4 Å². The molecule has 0 saturated heterocycles. The van der Waals surface area contributed by atoms with Crippen LogP contribution in [0.15, 0.2) is 24.3 Å². The number of nitrogens with two attached hydrogens (primary N) is 1. The third-order valence-corrected chi connectivity index (χ3v) is 6.20. The molecule has 2 heterocycles. The van der Waals surface area contributed by atoms with E-state index in [4.69, 9.17) is 29.0 Å². The minimum Gasteiger partial charge on any atom is -0.468 e. The number of nitrogens with zero attached hydrogens (tertiary/aromatic N) is 4. The van der Waals surface area contributed by atoms with Gasteiger partial charge in [-0.1, -0.05) is 24.3 Å². The summed E-state index contributed by atoms with van der Waals surface area (Å²) in [7, 11) is 2.24. The predicted octanol–water partition coefficient (Wildman–Crippen LogP) is 3.38. The SMILES string of the molecule is CCOP(Cc1ccc(Cn2c(OC)nc3c(N)nc(OCCOC)nc32)cc1)OCC. The third-order valence-electron chi connectivity index (χ3n) is 4.49. The molecule has 0 fully saturated rings. The molecule has 0 spiro atoms. The summed E-state index contributed by atoms with van der Waals surface area (Å²) in [5.74, 6) is 0.231. The molecule has 1 aromatic carbocycles. The van der Waals surface area contributed by atoms with Crippen molar-refractivity contribution < 1.29 is 23.3 Å². The van der Waals surface area contributed by atoms with Crippen LogP contribution in [0.2, 0.25) is 0 Å². The molecule has 11 heteroatoms. The Morgan fingerprint density at radius 2 is 1.62 bits per heavy atom. The third kappa shape index (κ3) is 6.04. The van der Waals surface area contributed by atoms with E-state index in [1.807, 2.05) is 18.4 Å². The lowest BCUT2D eigenvalue weighted by Gasteiger charge is -2.16. The number of fused-ring (bicyclic) bond motifs is 1. The highest BCUT2D eigenvalue weighted by Gasteiger charge is 2.18. The van der Waals surface area contributed by atoms with Gasteiger partial charge < -0.3 is 29.0 Å². The van der Waals surface area contributed by atoms with Crippen LogP contribution in [0.5, 0.6) is 12.0 Å². The molecule has 2 N–H and O–H groups in total. The fourth-order valence-corrected chi connectivity index (χ4v) is 4.40. The second kappa shape index (κ2) is 11.9. The number of nitrogen functional groups attached to an aromatic ring is 1. The van der Waals surface area contributed by atoms with Crippen molar-refractivity contribution >= 4 is 25.4 Å². The fourth-order valence-electron chi connectivity index (χ4n) is 3.06. The Morgan fingerprint density at radius 1 is 0.938 bits per heavy atom. The number of anilines is 1. The lowest BCUT2D eigenvalue weighted by atomic mass is 10.1. The second-order valence-electron chi connectivity index (χ2n) is 6.73. The van der Waals surface area contributed by atoms with Crippen molar-refractivity contribution in [2.45, 2.75) is 26.6 Å². The summed E-state index contributed by atoms with van der Waals surface area (Å²) in [5.41, 5.74) is 9.32. The summed E-state index contributed by atoms with van der Waals surface area (Å²) in [6.07, 6.45) is 0.751. The lowest BCUT2D eigenvalue weighted by molar-refractivity contribution is 0.141. The summed E-state index contributed by atoms with van der Waals surface area (Å²) in [6.45, 7) is 6.47. The summed E-state index contributed by atoms with van der Waals surface area (Å²) in [5, 5.41) is 0. The highest BCUT2D eigenvalue weighted by Crippen LogP contribution is 2.41. The first-order chi connectivity index (χ1) is 15.6. The van der Waals surface area contributed by atoms with Crippen molar-refractivity contribution in [2.24, 2.45) is 0 Å². The number of aromatic nitrogens is 4. The van der Waals surface area contributed by atoms with Crippen LogP contribution >= 0.6 is 8.38 Å². The number of hydrogen-bond donors (Lipinski definition) is 1. The first-order valence-electron chi connectivity index (χ1n) is 10.4. The number of hydrogen-bond acceptors (Lipinski definition) is 9. The number of rotatable bonds is 13. The van der Waals surface area contributed by atoms with Gasteiger partial charge in [0.05, 0.1) is 33.5 Å².